The number of amides is 1. The molecule has 2 unspecified atom stereocenters. The highest BCUT2D eigenvalue weighted by Gasteiger charge is 2.32. The number of carbonyl (C=O) groups excluding carboxylic acids is 1. The van der Waals surface area contributed by atoms with Gasteiger partial charge in [0.25, 0.3) is 0 Å². The van der Waals surface area contributed by atoms with Crippen molar-refractivity contribution in [3.8, 4) is 0 Å². The summed E-state index contributed by atoms with van der Waals surface area (Å²) in [5.74, 6) is 0. The van der Waals surface area contributed by atoms with Gasteiger partial charge in [0.05, 0.1) is 0 Å². The third-order valence-corrected chi connectivity index (χ3v) is 1.12. The molecule has 7 heavy (non-hydrogen) atoms. The Kier molecular flexibility index (Phi) is 0.982. The van der Waals surface area contributed by atoms with Crippen LogP contribution in [-0.2, 0) is 4.79 Å². The second-order valence-corrected chi connectivity index (χ2v) is 1.79. The lowest BCUT2D eigenvalue weighted by atomic mass is 10.7. The lowest BCUT2D eigenvalue weighted by molar-refractivity contribution is -0.109. The van der Waals surface area contributed by atoms with E-state index in [0.717, 1.165) is 6.42 Å². The largest absolute Gasteiger partial charge is 0.354 e. The van der Waals surface area contributed by atoms with Crippen LogP contribution in [0.3, 0.4) is 0 Å². The predicted octanol–water partition coefficient (Wildman–Crippen LogP) is -1.17. The van der Waals surface area contributed by atoms with Gasteiger partial charge in [-0.3, -0.25) is 4.79 Å². The van der Waals surface area contributed by atoms with Gasteiger partial charge < -0.3 is 11.1 Å². The summed E-state index contributed by atoms with van der Waals surface area (Å²) in [6.45, 7) is 0. The molecule has 3 N–H and O–H groups in total. The standard InChI is InChI=1S/C4H8N2O/c5-3-1-4(3)6-2-7/h2-4H,1,5H2,(H,6,7). The first-order chi connectivity index (χ1) is 3.34. The molecule has 0 aromatic heterocycles. The topological polar surface area (TPSA) is 55.1 Å². The fourth-order valence-corrected chi connectivity index (χ4v) is 0.494. The average molecular weight is 100 g/mol. The van der Waals surface area contributed by atoms with Crippen LogP contribution >= 0.6 is 0 Å². The zero-order chi connectivity index (χ0) is 5.28. The van der Waals surface area contributed by atoms with Crippen molar-refractivity contribution in [3.63, 3.8) is 0 Å². The van der Waals surface area contributed by atoms with Gasteiger partial charge in [-0.25, -0.2) is 0 Å². The fraction of sp³-hybridized carbons (Fsp3) is 0.750. The van der Waals surface area contributed by atoms with Gasteiger partial charge in [0.2, 0.25) is 6.41 Å². The Bertz CT molecular complexity index is 83.8. The maximum absolute atomic E-state index is 9.63. The molecule has 0 saturated heterocycles. The smallest absolute Gasteiger partial charge is 0.207 e. The van der Waals surface area contributed by atoms with E-state index in [1.54, 1.807) is 0 Å². The molecule has 0 spiro atoms. The molecule has 0 bridgehead atoms. The molecule has 2 atom stereocenters. The van der Waals surface area contributed by atoms with Crippen molar-refractivity contribution in [3.05, 3.63) is 0 Å². The highest BCUT2D eigenvalue weighted by atomic mass is 16.1. The molecule has 0 heterocycles. The second-order valence-electron chi connectivity index (χ2n) is 1.79. The lowest BCUT2D eigenvalue weighted by Gasteiger charge is -1.86. The minimum atomic E-state index is 0.227. The molecule has 40 valence electrons. The number of nitrogens with one attached hydrogen (secondary N) is 1. The molecular formula is C4H8N2O. The summed E-state index contributed by atoms with van der Waals surface area (Å²) in [4.78, 5) is 9.63. The van der Waals surface area contributed by atoms with Crippen molar-refractivity contribution >= 4 is 6.41 Å². The molecule has 3 heteroatoms. The highest BCUT2D eigenvalue weighted by Crippen LogP contribution is 2.16. The predicted molar refractivity (Wildman–Crippen MR) is 25.6 cm³/mol. The Hall–Kier alpha value is -0.570. The summed E-state index contributed by atoms with van der Waals surface area (Å²) >= 11 is 0. The summed E-state index contributed by atoms with van der Waals surface area (Å²) < 4.78 is 0. The summed E-state index contributed by atoms with van der Waals surface area (Å²) in [7, 11) is 0. The second kappa shape index (κ2) is 1.50. The van der Waals surface area contributed by atoms with Crippen LogP contribution in [0.2, 0.25) is 0 Å². The van der Waals surface area contributed by atoms with Crippen LogP contribution in [0.5, 0.6) is 0 Å². The lowest BCUT2D eigenvalue weighted by Crippen LogP contribution is -2.20. The van der Waals surface area contributed by atoms with E-state index in [2.05, 4.69) is 5.32 Å². The summed E-state index contributed by atoms with van der Waals surface area (Å²) in [6.07, 6.45) is 1.64. The number of hydrogen-bond acceptors (Lipinski definition) is 2. The minimum absolute atomic E-state index is 0.227. The molecule has 1 rings (SSSR count). The van der Waals surface area contributed by atoms with Gasteiger partial charge in [-0.15, -0.1) is 0 Å². The van der Waals surface area contributed by atoms with Crippen molar-refractivity contribution in [2.75, 3.05) is 0 Å². The third kappa shape index (κ3) is 0.899. The molecule has 1 aliphatic rings. The molecule has 1 saturated carbocycles. The van der Waals surface area contributed by atoms with Crippen LogP contribution in [0.4, 0.5) is 0 Å². The maximum atomic E-state index is 9.63. The van der Waals surface area contributed by atoms with Gasteiger partial charge in [-0.05, 0) is 6.42 Å². The molecule has 3 nitrogen and oxygen atoms in total. The van der Waals surface area contributed by atoms with E-state index in [4.69, 9.17) is 5.73 Å². The number of nitrogens with two attached hydrogens (primary N) is 1. The van der Waals surface area contributed by atoms with Crippen LogP contribution in [0.1, 0.15) is 6.42 Å². The van der Waals surface area contributed by atoms with Crippen LogP contribution < -0.4 is 11.1 Å². The molecule has 0 radical (unpaired) electrons. The summed E-state index contributed by atoms with van der Waals surface area (Å²) in [6, 6.07) is 0.502. The maximum Gasteiger partial charge on any atom is 0.207 e. The van der Waals surface area contributed by atoms with Gasteiger partial charge in [-0.2, -0.15) is 0 Å². The van der Waals surface area contributed by atoms with Crippen molar-refractivity contribution in [1.29, 1.82) is 0 Å². The van der Waals surface area contributed by atoms with Crippen LogP contribution in [0, 0.1) is 0 Å². The molecule has 0 aromatic rings. The molecule has 1 amide bonds. The van der Waals surface area contributed by atoms with E-state index in [9.17, 15) is 4.79 Å². The molecule has 0 aliphatic heterocycles. The van der Waals surface area contributed by atoms with Gasteiger partial charge in [0, 0.05) is 12.1 Å². The van der Waals surface area contributed by atoms with Crippen LogP contribution in [-0.4, -0.2) is 18.5 Å². The van der Waals surface area contributed by atoms with E-state index in [1.165, 1.54) is 0 Å². The van der Waals surface area contributed by atoms with E-state index in [1.807, 2.05) is 0 Å². The first-order valence-electron chi connectivity index (χ1n) is 2.30. The normalized spacial score (nSPS) is 37.3. The monoisotopic (exact) mass is 100 g/mol. The average Bonchev–Trinajstić information content (AvgIpc) is 2.22. The molecule has 0 aromatic carbocycles. The first-order valence-corrected chi connectivity index (χ1v) is 2.30. The SMILES string of the molecule is NC1CC1NC=O. The van der Waals surface area contributed by atoms with Gasteiger partial charge in [0.1, 0.15) is 0 Å². The summed E-state index contributed by atoms with van der Waals surface area (Å²) in [5.41, 5.74) is 5.33. The zero-order valence-corrected chi connectivity index (χ0v) is 3.92. The quantitative estimate of drug-likeness (QED) is 0.430. The van der Waals surface area contributed by atoms with Gasteiger partial charge >= 0.3 is 0 Å². The van der Waals surface area contributed by atoms with Crippen molar-refractivity contribution in [2.24, 2.45) is 5.73 Å². The van der Waals surface area contributed by atoms with Crippen LogP contribution in [0.15, 0.2) is 0 Å². The van der Waals surface area contributed by atoms with E-state index < -0.39 is 0 Å². The van der Waals surface area contributed by atoms with Gasteiger partial charge in [-0.1, -0.05) is 0 Å². The van der Waals surface area contributed by atoms with Gasteiger partial charge in [0.15, 0.2) is 0 Å². The van der Waals surface area contributed by atoms with Crippen molar-refractivity contribution < 1.29 is 4.79 Å². The Morgan fingerprint density at radius 2 is 2.43 bits per heavy atom. The van der Waals surface area contributed by atoms with E-state index in [-0.39, 0.29) is 12.1 Å². The zero-order valence-electron chi connectivity index (χ0n) is 3.92. The van der Waals surface area contributed by atoms with Crippen molar-refractivity contribution in [1.82, 2.24) is 5.32 Å². The first kappa shape index (κ1) is 4.59. The molecule has 1 fully saturated rings. The number of rotatable bonds is 2. The van der Waals surface area contributed by atoms with Crippen LogP contribution in [0.25, 0.3) is 0 Å². The summed E-state index contributed by atoms with van der Waals surface area (Å²) in [5, 5.41) is 2.56. The fourth-order valence-electron chi connectivity index (χ4n) is 0.494. The Balaban J connectivity index is 2.08. The molecule has 1 aliphatic carbocycles. The van der Waals surface area contributed by atoms with E-state index >= 15 is 0 Å². The van der Waals surface area contributed by atoms with Crippen molar-refractivity contribution in [2.45, 2.75) is 18.5 Å². The Morgan fingerprint density at radius 1 is 1.86 bits per heavy atom. The Labute approximate surface area is 41.9 Å². The Morgan fingerprint density at radius 3 is 2.57 bits per heavy atom. The van der Waals surface area contributed by atoms with E-state index in [0.29, 0.717) is 6.41 Å². The third-order valence-electron chi connectivity index (χ3n) is 1.12. The minimum Gasteiger partial charge on any atom is -0.354 e. The highest BCUT2D eigenvalue weighted by molar-refractivity contribution is 5.48. The molecular weight excluding hydrogens is 92.1 g/mol. The number of carbonyl (C=O) groups is 1. The number of hydrogen-bond donors (Lipinski definition) is 2.